The summed E-state index contributed by atoms with van der Waals surface area (Å²) in [5.41, 5.74) is 5.20. The predicted octanol–water partition coefficient (Wildman–Crippen LogP) is 3.63. The van der Waals surface area contributed by atoms with Crippen molar-refractivity contribution in [2.75, 3.05) is 29.5 Å². The van der Waals surface area contributed by atoms with Gasteiger partial charge in [-0.2, -0.15) is 4.98 Å². The summed E-state index contributed by atoms with van der Waals surface area (Å²) in [6, 6.07) is 17.3. The van der Waals surface area contributed by atoms with Gasteiger partial charge in [0.1, 0.15) is 0 Å². The number of pyridine rings is 1. The Morgan fingerprint density at radius 1 is 1.03 bits per heavy atom. The number of benzene rings is 2. The van der Waals surface area contributed by atoms with Gasteiger partial charge in [-0.25, -0.2) is 13.4 Å². The lowest BCUT2D eigenvalue weighted by atomic mass is 9.98. The van der Waals surface area contributed by atoms with Crippen molar-refractivity contribution in [3.05, 3.63) is 71.9 Å². The van der Waals surface area contributed by atoms with Gasteiger partial charge < -0.3 is 9.64 Å². The summed E-state index contributed by atoms with van der Waals surface area (Å²) >= 11 is 0. The van der Waals surface area contributed by atoms with E-state index in [4.69, 9.17) is 14.7 Å². The molecular formula is C24H23N5O3S. The van der Waals surface area contributed by atoms with Crippen molar-refractivity contribution < 1.29 is 13.2 Å². The smallest absolute Gasteiger partial charge is 0.229 e. The number of hydrogen-bond donors (Lipinski definition) is 1. The van der Waals surface area contributed by atoms with Gasteiger partial charge in [-0.05, 0) is 41.8 Å². The average molecular weight is 462 g/mol. The van der Waals surface area contributed by atoms with Gasteiger partial charge in [0.2, 0.25) is 21.9 Å². The van der Waals surface area contributed by atoms with Crippen LogP contribution in [0.15, 0.2) is 60.8 Å². The lowest BCUT2D eigenvalue weighted by Gasteiger charge is -2.30. The van der Waals surface area contributed by atoms with E-state index in [-0.39, 0.29) is 0 Å². The van der Waals surface area contributed by atoms with Crippen molar-refractivity contribution in [3.8, 4) is 17.1 Å². The molecule has 5 rings (SSSR count). The molecule has 168 valence electrons. The molecule has 1 aliphatic rings. The van der Waals surface area contributed by atoms with E-state index in [2.05, 4.69) is 14.6 Å². The molecule has 0 spiro atoms. The molecule has 9 heteroatoms. The van der Waals surface area contributed by atoms with E-state index in [1.54, 1.807) is 19.4 Å². The van der Waals surface area contributed by atoms with Gasteiger partial charge in [0.25, 0.3) is 0 Å². The van der Waals surface area contributed by atoms with E-state index in [1.165, 1.54) is 0 Å². The van der Waals surface area contributed by atoms with Crippen molar-refractivity contribution in [1.82, 2.24) is 15.0 Å². The highest BCUT2D eigenvalue weighted by Crippen LogP contribution is 2.35. The molecule has 0 saturated heterocycles. The lowest BCUT2D eigenvalue weighted by molar-refractivity contribution is 0.402. The van der Waals surface area contributed by atoms with E-state index < -0.39 is 10.0 Å². The lowest BCUT2D eigenvalue weighted by Crippen LogP contribution is -2.32. The van der Waals surface area contributed by atoms with Gasteiger partial charge in [0, 0.05) is 24.8 Å². The van der Waals surface area contributed by atoms with Crippen LogP contribution >= 0.6 is 0 Å². The first-order valence-corrected chi connectivity index (χ1v) is 12.4. The topological polar surface area (TPSA) is 97.3 Å². The van der Waals surface area contributed by atoms with Crippen LogP contribution in [0.25, 0.3) is 22.2 Å². The highest BCUT2D eigenvalue weighted by molar-refractivity contribution is 7.92. The molecule has 1 aliphatic heterocycles. The Morgan fingerprint density at radius 2 is 1.88 bits per heavy atom. The molecule has 0 saturated carbocycles. The number of methoxy groups -OCH3 is 1. The Labute approximate surface area is 192 Å². The Bertz CT molecular complexity index is 1440. The largest absolute Gasteiger partial charge is 0.480 e. The van der Waals surface area contributed by atoms with Crippen LogP contribution in [-0.2, 0) is 23.0 Å². The molecular weight excluding hydrogens is 438 g/mol. The Kier molecular flexibility index (Phi) is 5.33. The maximum absolute atomic E-state index is 11.7. The summed E-state index contributed by atoms with van der Waals surface area (Å²) in [4.78, 5) is 16.1. The molecule has 33 heavy (non-hydrogen) atoms. The van der Waals surface area contributed by atoms with Crippen LogP contribution in [0.4, 0.5) is 11.6 Å². The minimum absolute atomic E-state index is 0.495. The monoisotopic (exact) mass is 461 g/mol. The molecule has 2 aromatic heterocycles. The first-order valence-electron chi connectivity index (χ1n) is 10.5. The second kappa shape index (κ2) is 8.32. The highest BCUT2D eigenvalue weighted by atomic mass is 32.2. The standard InChI is InChI=1S/C24H23N5O3S/c1-32-23-22-18(19-9-3-4-13-25-19)8-6-11-21(22)26-24(27-23)29-14-12-17-16(15-29)7-5-10-20(17)28-33(2,30)31/h3-11,13,28H,12,14-15H2,1-2H3. The SMILES string of the molecule is COc1nc(N2CCc3c(cccc3NS(C)(=O)=O)C2)nc2cccc(-c3ccccn3)c12. The van der Waals surface area contributed by atoms with Crippen molar-refractivity contribution in [3.63, 3.8) is 0 Å². The zero-order chi connectivity index (χ0) is 23.0. The minimum atomic E-state index is -3.35. The summed E-state index contributed by atoms with van der Waals surface area (Å²) < 4.78 is 31.8. The molecule has 0 unspecified atom stereocenters. The third-order valence-corrected chi connectivity index (χ3v) is 6.25. The predicted molar refractivity (Wildman–Crippen MR) is 129 cm³/mol. The van der Waals surface area contributed by atoms with Crippen molar-refractivity contribution in [2.24, 2.45) is 0 Å². The molecule has 0 atom stereocenters. The molecule has 0 radical (unpaired) electrons. The molecule has 0 bridgehead atoms. The van der Waals surface area contributed by atoms with Gasteiger partial charge in [-0.15, -0.1) is 0 Å². The van der Waals surface area contributed by atoms with Gasteiger partial charge in [-0.1, -0.05) is 30.3 Å². The van der Waals surface area contributed by atoms with Crippen molar-refractivity contribution in [2.45, 2.75) is 13.0 Å². The fraction of sp³-hybridized carbons (Fsp3) is 0.208. The zero-order valence-electron chi connectivity index (χ0n) is 18.3. The third-order valence-electron chi connectivity index (χ3n) is 5.66. The van der Waals surface area contributed by atoms with Crippen molar-refractivity contribution in [1.29, 1.82) is 0 Å². The summed E-state index contributed by atoms with van der Waals surface area (Å²) in [6.45, 7) is 1.23. The van der Waals surface area contributed by atoms with E-state index in [0.29, 0.717) is 37.0 Å². The number of aromatic nitrogens is 3. The zero-order valence-corrected chi connectivity index (χ0v) is 19.1. The van der Waals surface area contributed by atoms with E-state index >= 15 is 0 Å². The van der Waals surface area contributed by atoms with Crippen LogP contribution in [0.2, 0.25) is 0 Å². The number of rotatable bonds is 5. The molecule has 0 aliphatic carbocycles. The Morgan fingerprint density at radius 3 is 2.64 bits per heavy atom. The number of nitrogens with zero attached hydrogens (tertiary/aromatic N) is 4. The van der Waals surface area contributed by atoms with Gasteiger partial charge in [-0.3, -0.25) is 9.71 Å². The molecule has 0 fully saturated rings. The van der Waals surface area contributed by atoms with Crippen LogP contribution in [0.1, 0.15) is 11.1 Å². The Balaban J connectivity index is 1.54. The summed E-state index contributed by atoms with van der Waals surface area (Å²) in [5.74, 6) is 1.07. The second-order valence-corrected chi connectivity index (χ2v) is 9.69. The normalized spacial score (nSPS) is 13.6. The summed E-state index contributed by atoms with van der Waals surface area (Å²) in [5, 5.41) is 0.819. The number of nitrogens with one attached hydrogen (secondary N) is 1. The summed E-state index contributed by atoms with van der Waals surface area (Å²) in [6.07, 6.45) is 3.59. The van der Waals surface area contributed by atoms with Gasteiger partial charge in [0.15, 0.2) is 0 Å². The van der Waals surface area contributed by atoms with Crippen LogP contribution in [0.3, 0.4) is 0 Å². The van der Waals surface area contributed by atoms with E-state index in [9.17, 15) is 8.42 Å². The molecule has 0 amide bonds. The number of anilines is 2. The molecule has 8 nitrogen and oxygen atoms in total. The number of hydrogen-bond acceptors (Lipinski definition) is 7. The first-order chi connectivity index (χ1) is 15.9. The molecule has 3 heterocycles. The van der Waals surface area contributed by atoms with E-state index in [1.807, 2.05) is 48.5 Å². The van der Waals surface area contributed by atoms with E-state index in [0.717, 1.165) is 39.5 Å². The number of fused-ring (bicyclic) bond motifs is 2. The average Bonchev–Trinajstić information content (AvgIpc) is 2.82. The maximum atomic E-state index is 11.7. The van der Waals surface area contributed by atoms with Crippen molar-refractivity contribution >= 4 is 32.6 Å². The molecule has 2 aromatic carbocycles. The molecule has 4 aromatic rings. The molecule has 1 N–H and O–H groups in total. The minimum Gasteiger partial charge on any atom is -0.480 e. The van der Waals surface area contributed by atoms with Crippen LogP contribution in [0.5, 0.6) is 5.88 Å². The highest BCUT2D eigenvalue weighted by Gasteiger charge is 2.23. The second-order valence-electron chi connectivity index (χ2n) is 7.94. The fourth-order valence-electron chi connectivity index (χ4n) is 4.24. The quantitative estimate of drug-likeness (QED) is 0.485. The van der Waals surface area contributed by atoms with Crippen LogP contribution in [0, 0.1) is 0 Å². The fourth-order valence-corrected chi connectivity index (χ4v) is 4.83. The maximum Gasteiger partial charge on any atom is 0.229 e. The van der Waals surface area contributed by atoms with Crippen LogP contribution < -0.4 is 14.4 Å². The third kappa shape index (κ3) is 4.19. The Hall–Kier alpha value is -3.72. The van der Waals surface area contributed by atoms with Gasteiger partial charge >= 0.3 is 0 Å². The van der Waals surface area contributed by atoms with Gasteiger partial charge in [0.05, 0.1) is 35.6 Å². The first kappa shape index (κ1) is 21.1. The number of ether oxygens (including phenoxy) is 1. The summed E-state index contributed by atoms with van der Waals surface area (Å²) in [7, 11) is -1.74. The van der Waals surface area contributed by atoms with Crippen LogP contribution in [-0.4, -0.2) is 43.3 Å². The number of sulfonamides is 1.